The van der Waals surface area contributed by atoms with Crippen molar-refractivity contribution in [2.24, 2.45) is 0 Å². The Labute approximate surface area is 77.3 Å². The van der Waals surface area contributed by atoms with Gasteiger partial charge in [-0.3, -0.25) is 5.10 Å². The summed E-state index contributed by atoms with van der Waals surface area (Å²) in [7, 11) is 0. The first kappa shape index (κ1) is 9.77. The molecule has 1 rings (SSSR count). The Kier molecular flexibility index (Phi) is 3.49. The number of H-pyrrole nitrogens is 1. The molecule has 13 heavy (non-hydrogen) atoms. The summed E-state index contributed by atoms with van der Waals surface area (Å²) in [5.74, 6) is -0.292. The van der Waals surface area contributed by atoms with E-state index in [1.54, 1.807) is 13.1 Å². The van der Waals surface area contributed by atoms with Gasteiger partial charge in [-0.05, 0) is 13.3 Å². The molecule has 1 aromatic rings. The number of aryl methyl sites for hydroxylation is 1. The van der Waals surface area contributed by atoms with Crippen molar-refractivity contribution in [1.29, 1.82) is 0 Å². The predicted octanol–water partition coefficient (Wildman–Crippen LogP) is 1.68. The number of hydrogen-bond acceptors (Lipinski definition) is 3. The maximum absolute atomic E-state index is 11.3. The highest BCUT2D eigenvalue weighted by atomic mass is 16.5. The number of esters is 1. The molecule has 0 saturated carbocycles. The average molecular weight is 182 g/mol. The van der Waals surface area contributed by atoms with Gasteiger partial charge in [0, 0.05) is 6.20 Å². The molecular formula is C9H14N2O2. The lowest BCUT2D eigenvalue weighted by atomic mass is 10.3. The number of aromatic amines is 1. The Morgan fingerprint density at radius 3 is 3.00 bits per heavy atom. The predicted molar refractivity (Wildman–Crippen MR) is 48.5 cm³/mol. The van der Waals surface area contributed by atoms with Crippen LogP contribution in [0.15, 0.2) is 6.20 Å². The topological polar surface area (TPSA) is 55.0 Å². The maximum atomic E-state index is 11.3. The average Bonchev–Trinajstić information content (AvgIpc) is 2.52. The van der Waals surface area contributed by atoms with Gasteiger partial charge in [-0.1, -0.05) is 13.3 Å². The number of aromatic nitrogens is 2. The van der Waals surface area contributed by atoms with Gasteiger partial charge in [-0.2, -0.15) is 5.10 Å². The molecule has 0 atom stereocenters. The molecule has 4 heteroatoms. The zero-order valence-electron chi connectivity index (χ0n) is 7.96. The van der Waals surface area contributed by atoms with Crippen LogP contribution in [0.25, 0.3) is 0 Å². The summed E-state index contributed by atoms with van der Waals surface area (Å²) in [6.07, 6.45) is 3.49. The van der Waals surface area contributed by atoms with Crippen molar-refractivity contribution in [3.8, 4) is 0 Å². The molecule has 1 aromatic heterocycles. The van der Waals surface area contributed by atoms with E-state index in [0.717, 1.165) is 12.8 Å². The van der Waals surface area contributed by atoms with Crippen LogP contribution in [0.3, 0.4) is 0 Å². The number of carbonyl (C=O) groups is 1. The number of ether oxygens (including phenoxy) is 1. The van der Waals surface area contributed by atoms with Crippen molar-refractivity contribution >= 4 is 5.97 Å². The fourth-order valence-electron chi connectivity index (χ4n) is 0.952. The Morgan fingerprint density at radius 2 is 2.46 bits per heavy atom. The maximum Gasteiger partial charge on any atom is 0.341 e. The van der Waals surface area contributed by atoms with E-state index in [0.29, 0.717) is 17.9 Å². The van der Waals surface area contributed by atoms with Crippen molar-refractivity contribution in [2.75, 3.05) is 6.61 Å². The Bertz CT molecular complexity index is 281. The number of carbonyl (C=O) groups excluding carboxylic acids is 1. The van der Waals surface area contributed by atoms with Gasteiger partial charge in [0.05, 0.1) is 12.3 Å². The second-order valence-electron chi connectivity index (χ2n) is 2.87. The standard InChI is InChI=1S/C9H14N2O2/c1-3-4-5-13-9(12)8-6-10-11-7(8)2/h6H,3-5H2,1-2H3,(H,10,11). The molecule has 0 spiro atoms. The Balaban J connectivity index is 2.45. The zero-order valence-corrected chi connectivity index (χ0v) is 7.96. The molecule has 4 nitrogen and oxygen atoms in total. The van der Waals surface area contributed by atoms with Crippen molar-refractivity contribution in [3.05, 3.63) is 17.5 Å². The van der Waals surface area contributed by atoms with Gasteiger partial charge < -0.3 is 4.74 Å². The molecule has 0 amide bonds. The van der Waals surface area contributed by atoms with Gasteiger partial charge in [0.1, 0.15) is 5.56 Å². The third-order valence-electron chi connectivity index (χ3n) is 1.78. The van der Waals surface area contributed by atoms with Crippen LogP contribution >= 0.6 is 0 Å². The molecule has 0 radical (unpaired) electrons. The lowest BCUT2D eigenvalue weighted by Crippen LogP contribution is -2.06. The molecule has 0 aliphatic heterocycles. The third-order valence-corrected chi connectivity index (χ3v) is 1.78. The summed E-state index contributed by atoms with van der Waals surface area (Å²) in [6, 6.07) is 0. The summed E-state index contributed by atoms with van der Waals surface area (Å²) >= 11 is 0. The number of hydrogen-bond donors (Lipinski definition) is 1. The van der Waals surface area contributed by atoms with Crippen LogP contribution in [0.1, 0.15) is 35.8 Å². The fraction of sp³-hybridized carbons (Fsp3) is 0.556. The number of nitrogens with zero attached hydrogens (tertiary/aromatic N) is 1. The minimum absolute atomic E-state index is 0.292. The summed E-state index contributed by atoms with van der Waals surface area (Å²) in [5, 5.41) is 6.46. The smallest absolute Gasteiger partial charge is 0.341 e. The lowest BCUT2D eigenvalue weighted by molar-refractivity contribution is 0.0499. The van der Waals surface area contributed by atoms with E-state index in [1.165, 1.54) is 0 Å². The zero-order chi connectivity index (χ0) is 9.68. The van der Waals surface area contributed by atoms with E-state index in [2.05, 4.69) is 17.1 Å². The monoisotopic (exact) mass is 182 g/mol. The summed E-state index contributed by atoms with van der Waals surface area (Å²) in [4.78, 5) is 11.3. The van der Waals surface area contributed by atoms with Gasteiger partial charge in [0.15, 0.2) is 0 Å². The first-order valence-corrected chi connectivity index (χ1v) is 4.43. The largest absolute Gasteiger partial charge is 0.462 e. The highest BCUT2D eigenvalue weighted by Crippen LogP contribution is 2.04. The SMILES string of the molecule is CCCCOC(=O)c1c[nH]nc1C. The highest BCUT2D eigenvalue weighted by Gasteiger charge is 2.11. The molecule has 0 fully saturated rings. The quantitative estimate of drug-likeness (QED) is 0.569. The van der Waals surface area contributed by atoms with Crippen LogP contribution in [0.4, 0.5) is 0 Å². The van der Waals surface area contributed by atoms with Crippen molar-refractivity contribution < 1.29 is 9.53 Å². The molecule has 0 aliphatic rings. The first-order valence-electron chi connectivity index (χ1n) is 4.43. The van der Waals surface area contributed by atoms with Crippen LogP contribution in [0.2, 0.25) is 0 Å². The van der Waals surface area contributed by atoms with E-state index in [1.807, 2.05) is 0 Å². The van der Waals surface area contributed by atoms with Crippen LogP contribution < -0.4 is 0 Å². The Morgan fingerprint density at radius 1 is 1.69 bits per heavy atom. The molecule has 72 valence electrons. The molecular weight excluding hydrogens is 168 g/mol. The second kappa shape index (κ2) is 4.64. The molecule has 0 unspecified atom stereocenters. The van der Waals surface area contributed by atoms with Crippen LogP contribution in [-0.2, 0) is 4.74 Å². The third kappa shape index (κ3) is 2.57. The molecule has 0 saturated heterocycles. The van der Waals surface area contributed by atoms with E-state index >= 15 is 0 Å². The molecule has 1 heterocycles. The van der Waals surface area contributed by atoms with Gasteiger partial charge in [-0.25, -0.2) is 4.79 Å². The number of nitrogens with one attached hydrogen (secondary N) is 1. The minimum Gasteiger partial charge on any atom is -0.462 e. The summed E-state index contributed by atoms with van der Waals surface area (Å²) < 4.78 is 5.01. The van der Waals surface area contributed by atoms with E-state index in [9.17, 15) is 4.79 Å². The molecule has 1 N–H and O–H groups in total. The molecule has 0 bridgehead atoms. The summed E-state index contributed by atoms with van der Waals surface area (Å²) in [6.45, 7) is 4.31. The van der Waals surface area contributed by atoms with E-state index in [-0.39, 0.29) is 5.97 Å². The van der Waals surface area contributed by atoms with Gasteiger partial charge in [-0.15, -0.1) is 0 Å². The van der Waals surface area contributed by atoms with Crippen LogP contribution in [0.5, 0.6) is 0 Å². The normalized spacial score (nSPS) is 10.0. The number of unbranched alkanes of at least 4 members (excludes halogenated alkanes) is 1. The number of rotatable bonds is 4. The van der Waals surface area contributed by atoms with E-state index < -0.39 is 0 Å². The Hall–Kier alpha value is -1.32. The highest BCUT2D eigenvalue weighted by molar-refractivity contribution is 5.90. The summed E-state index contributed by atoms with van der Waals surface area (Å²) in [5.41, 5.74) is 1.21. The lowest BCUT2D eigenvalue weighted by Gasteiger charge is -2.01. The molecule has 0 aliphatic carbocycles. The fourth-order valence-corrected chi connectivity index (χ4v) is 0.952. The van der Waals surface area contributed by atoms with E-state index in [4.69, 9.17) is 4.74 Å². The second-order valence-corrected chi connectivity index (χ2v) is 2.87. The first-order chi connectivity index (χ1) is 6.25. The molecule has 0 aromatic carbocycles. The van der Waals surface area contributed by atoms with Crippen molar-refractivity contribution in [1.82, 2.24) is 10.2 Å². The van der Waals surface area contributed by atoms with Crippen molar-refractivity contribution in [3.63, 3.8) is 0 Å². The van der Waals surface area contributed by atoms with Crippen LogP contribution in [-0.4, -0.2) is 22.8 Å². The van der Waals surface area contributed by atoms with Crippen molar-refractivity contribution in [2.45, 2.75) is 26.7 Å². The van der Waals surface area contributed by atoms with Crippen LogP contribution in [0, 0.1) is 6.92 Å². The minimum atomic E-state index is -0.292. The van der Waals surface area contributed by atoms with Gasteiger partial charge in [0.2, 0.25) is 0 Å². The van der Waals surface area contributed by atoms with Gasteiger partial charge in [0.25, 0.3) is 0 Å². The van der Waals surface area contributed by atoms with Gasteiger partial charge >= 0.3 is 5.97 Å².